The topological polar surface area (TPSA) is 38.3 Å². The van der Waals surface area contributed by atoms with E-state index in [9.17, 15) is 4.79 Å². The van der Waals surface area contributed by atoms with Gasteiger partial charge in [-0.2, -0.15) is 0 Å². The van der Waals surface area contributed by atoms with Gasteiger partial charge in [0.2, 0.25) is 0 Å². The SMILES string of the molecule is CCCCc1ccc(NC(=O)C(CC)Oc2cccc(C)c2C)cc1. The van der Waals surface area contributed by atoms with Crippen molar-refractivity contribution < 1.29 is 9.53 Å². The molecule has 0 aromatic heterocycles. The second-order valence-electron chi connectivity index (χ2n) is 6.50. The van der Waals surface area contributed by atoms with Crippen LogP contribution in [-0.2, 0) is 11.2 Å². The van der Waals surface area contributed by atoms with Crippen molar-refractivity contribution in [1.29, 1.82) is 0 Å². The molecule has 25 heavy (non-hydrogen) atoms. The van der Waals surface area contributed by atoms with Crippen LogP contribution in [-0.4, -0.2) is 12.0 Å². The highest BCUT2D eigenvalue weighted by atomic mass is 16.5. The van der Waals surface area contributed by atoms with Crippen LogP contribution in [0.3, 0.4) is 0 Å². The van der Waals surface area contributed by atoms with E-state index in [2.05, 4.69) is 24.4 Å². The smallest absolute Gasteiger partial charge is 0.265 e. The Balaban J connectivity index is 2.01. The molecular formula is C22H29NO2. The van der Waals surface area contributed by atoms with Gasteiger partial charge in [-0.1, -0.05) is 44.5 Å². The molecule has 0 spiro atoms. The van der Waals surface area contributed by atoms with Crippen molar-refractivity contribution in [2.24, 2.45) is 0 Å². The Hall–Kier alpha value is -2.29. The van der Waals surface area contributed by atoms with Gasteiger partial charge in [0.1, 0.15) is 5.75 Å². The van der Waals surface area contributed by atoms with Crippen molar-refractivity contribution >= 4 is 11.6 Å². The van der Waals surface area contributed by atoms with Crippen molar-refractivity contribution in [1.82, 2.24) is 0 Å². The third-order valence-electron chi connectivity index (χ3n) is 4.53. The molecular weight excluding hydrogens is 310 g/mol. The number of nitrogens with one attached hydrogen (secondary N) is 1. The lowest BCUT2D eigenvalue weighted by molar-refractivity contribution is -0.122. The van der Waals surface area contributed by atoms with Crippen LogP contribution >= 0.6 is 0 Å². The normalized spacial score (nSPS) is 11.8. The number of carbonyl (C=O) groups excluding carboxylic acids is 1. The summed E-state index contributed by atoms with van der Waals surface area (Å²) < 4.78 is 5.97. The number of amides is 1. The quantitative estimate of drug-likeness (QED) is 0.695. The van der Waals surface area contributed by atoms with E-state index >= 15 is 0 Å². The summed E-state index contributed by atoms with van der Waals surface area (Å²) in [5.41, 5.74) is 4.36. The highest BCUT2D eigenvalue weighted by Gasteiger charge is 2.19. The molecule has 0 saturated carbocycles. The number of benzene rings is 2. The standard InChI is InChI=1S/C22H29NO2/c1-5-7-10-18-12-14-19(15-13-18)23-22(24)20(6-2)25-21-11-8-9-16(3)17(21)4/h8-9,11-15,20H,5-7,10H2,1-4H3,(H,23,24). The Bertz CT molecular complexity index is 692. The Kier molecular flexibility index (Phi) is 7.05. The summed E-state index contributed by atoms with van der Waals surface area (Å²) in [4.78, 5) is 12.6. The van der Waals surface area contributed by atoms with Gasteiger partial charge < -0.3 is 10.1 Å². The monoisotopic (exact) mass is 339 g/mol. The summed E-state index contributed by atoms with van der Waals surface area (Å²) in [5.74, 6) is 0.668. The van der Waals surface area contributed by atoms with Gasteiger partial charge in [0.05, 0.1) is 0 Å². The molecule has 0 fully saturated rings. The van der Waals surface area contributed by atoms with Crippen LogP contribution in [0.4, 0.5) is 5.69 Å². The molecule has 1 amide bonds. The van der Waals surface area contributed by atoms with E-state index in [0.29, 0.717) is 6.42 Å². The van der Waals surface area contributed by atoms with Crippen molar-refractivity contribution in [2.45, 2.75) is 59.5 Å². The Morgan fingerprint density at radius 2 is 1.80 bits per heavy atom. The lowest BCUT2D eigenvalue weighted by Gasteiger charge is -2.19. The fourth-order valence-electron chi connectivity index (χ4n) is 2.69. The van der Waals surface area contributed by atoms with Gasteiger partial charge in [0, 0.05) is 5.69 Å². The molecule has 0 saturated heterocycles. The molecule has 1 N–H and O–H groups in total. The van der Waals surface area contributed by atoms with E-state index in [-0.39, 0.29) is 5.91 Å². The minimum absolute atomic E-state index is 0.107. The second kappa shape index (κ2) is 9.26. The number of aryl methyl sites for hydroxylation is 2. The average molecular weight is 339 g/mol. The fourth-order valence-corrected chi connectivity index (χ4v) is 2.69. The molecule has 2 rings (SSSR count). The minimum atomic E-state index is -0.500. The van der Waals surface area contributed by atoms with Gasteiger partial charge in [-0.05, 0) is 68.0 Å². The maximum Gasteiger partial charge on any atom is 0.265 e. The lowest BCUT2D eigenvalue weighted by atomic mass is 10.1. The zero-order valence-corrected chi connectivity index (χ0v) is 15.8. The number of unbranched alkanes of at least 4 members (excludes halogenated alkanes) is 1. The summed E-state index contributed by atoms with van der Waals surface area (Å²) in [6.07, 6.45) is 3.58. The highest BCUT2D eigenvalue weighted by molar-refractivity contribution is 5.94. The highest BCUT2D eigenvalue weighted by Crippen LogP contribution is 2.23. The minimum Gasteiger partial charge on any atom is -0.480 e. The molecule has 0 aliphatic heterocycles. The third kappa shape index (κ3) is 5.35. The van der Waals surface area contributed by atoms with E-state index in [0.717, 1.165) is 29.0 Å². The molecule has 134 valence electrons. The molecule has 1 atom stereocenters. The van der Waals surface area contributed by atoms with Gasteiger partial charge in [-0.15, -0.1) is 0 Å². The van der Waals surface area contributed by atoms with E-state index < -0.39 is 6.10 Å². The third-order valence-corrected chi connectivity index (χ3v) is 4.53. The molecule has 0 radical (unpaired) electrons. The summed E-state index contributed by atoms with van der Waals surface area (Å²) >= 11 is 0. The maximum atomic E-state index is 12.6. The summed E-state index contributed by atoms with van der Waals surface area (Å²) in [5, 5.41) is 2.97. The van der Waals surface area contributed by atoms with Gasteiger partial charge >= 0.3 is 0 Å². The molecule has 3 nitrogen and oxygen atoms in total. The molecule has 1 unspecified atom stereocenters. The molecule has 3 heteroatoms. The van der Waals surface area contributed by atoms with Crippen LogP contribution < -0.4 is 10.1 Å². The largest absolute Gasteiger partial charge is 0.480 e. The van der Waals surface area contributed by atoms with Crippen molar-refractivity contribution in [3.8, 4) is 5.75 Å². The van der Waals surface area contributed by atoms with Gasteiger partial charge in [0.15, 0.2) is 6.10 Å². The van der Waals surface area contributed by atoms with Gasteiger partial charge in [0.25, 0.3) is 5.91 Å². The molecule has 0 heterocycles. The van der Waals surface area contributed by atoms with Crippen LogP contribution in [0.2, 0.25) is 0 Å². The first-order valence-electron chi connectivity index (χ1n) is 9.17. The molecule has 0 aliphatic carbocycles. The number of hydrogen-bond donors (Lipinski definition) is 1. The number of ether oxygens (including phenoxy) is 1. The number of anilines is 1. The van der Waals surface area contributed by atoms with E-state index in [1.54, 1.807) is 0 Å². The van der Waals surface area contributed by atoms with E-state index in [1.165, 1.54) is 18.4 Å². The fraction of sp³-hybridized carbons (Fsp3) is 0.409. The van der Waals surface area contributed by atoms with E-state index in [4.69, 9.17) is 4.74 Å². The van der Waals surface area contributed by atoms with Crippen LogP contribution in [0.1, 0.15) is 49.8 Å². The van der Waals surface area contributed by atoms with Crippen LogP contribution in [0.5, 0.6) is 5.75 Å². The lowest BCUT2D eigenvalue weighted by Crippen LogP contribution is -2.32. The van der Waals surface area contributed by atoms with Crippen LogP contribution in [0.25, 0.3) is 0 Å². The van der Waals surface area contributed by atoms with Crippen molar-refractivity contribution in [2.75, 3.05) is 5.32 Å². The Morgan fingerprint density at radius 1 is 1.08 bits per heavy atom. The zero-order chi connectivity index (χ0) is 18.2. The summed E-state index contributed by atoms with van der Waals surface area (Å²) in [6.45, 7) is 8.21. The Morgan fingerprint density at radius 3 is 2.44 bits per heavy atom. The predicted octanol–water partition coefficient (Wildman–Crippen LogP) is 5.44. The maximum absolute atomic E-state index is 12.6. The van der Waals surface area contributed by atoms with Crippen molar-refractivity contribution in [3.63, 3.8) is 0 Å². The molecule has 2 aromatic rings. The van der Waals surface area contributed by atoms with Gasteiger partial charge in [-0.25, -0.2) is 0 Å². The van der Waals surface area contributed by atoms with Crippen LogP contribution in [0.15, 0.2) is 42.5 Å². The van der Waals surface area contributed by atoms with Gasteiger partial charge in [-0.3, -0.25) is 4.79 Å². The first kappa shape index (κ1) is 19.0. The van der Waals surface area contributed by atoms with Crippen molar-refractivity contribution in [3.05, 3.63) is 59.2 Å². The molecule has 0 aliphatic rings. The number of rotatable bonds is 8. The number of carbonyl (C=O) groups is 1. The molecule has 2 aromatic carbocycles. The predicted molar refractivity (Wildman–Crippen MR) is 104 cm³/mol. The first-order valence-corrected chi connectivity index (χ1v) is 9.17. The number of hydrogen-bond acceptors (Lipinski definition) is 2. The summed E-state index contributed by atoms with van der Waals surface area (Å²) in [6, 6.07) is 14.0. The first-order chi connectivity index (χ1) is 12.0. The Labute approximate surface area is 151 Å². The van der Waals surface area contributed by atoms with Crippen LogP contribution in [0, 0.1) is 13.8 Å². The average Bonchev–Trinajstić information content (AvgIpc) is 2.62. The molecule has 0 bridgehead atoms. The second-order valence-corrected chi connectivity index (χ2v) is 6.50. The summed E-state index contributed by atoms with van der Waals surface area (Å²) in [7, 11) is 0. The van der Waals surface area contributed by atoms with E-state index in [1.807, 2.05) is 51.1 Å². The zero-order valence-electron chi connectivity index (χ0n) is 15.8.